The molecule has 6 nitrogen and oxygen atoms in total. The highest BCUT2D eigenvalue weighted by Crippen LogP contribution is 2.31. The number of nitrogens with zero attached hydrogens (tertiary/aromatic N) is 1. The number of carboxylic acids is 2. The third-order valence-electron chi connectivity index (χ3n) is 2.75. The number of rotatable bonds is 4. The van der Waals surface area contributed by atoms with Gasteiger partial charge in [-0.3, -0.25) is 4.79 Å². The number of aromatic nitrogens is 1. The molecule has 0 aromatic carbocycles. The van der Waals surface area contributed by atoms with Crippen molar-refractivity contribution in [2.45, 2.75) is 19.9 Å². The molecule has 7 heteroatoms. The molecule has 0 bridgehead atoms. The molecule has 0 fully saturated rings. The van der Waals surface area contributed by atoms with E-state index in [4.69, 9.17) is 15.9 Å². The largest absolute Gasteiger partial charge is 0.481 e. The summed E-state index contributed by atoms with van der Waals surface area (Å²) in [7, 11) is 0. The van der Waals surface area contributed by atoms with E-state index in [2.05, 4.69) is 4.98 Å². The first-order chi connectivity index (χ1) is 8.17. The second-order valence-electron chi connectivity index (χ2n) is 4.41. The third kappa shape index (κ3) is 2.45. The van der Waals surface area contributed by atoms with Gasteiger partial charge in [-0.25, -0.2) is 14.2 Å². The number of carboxylic acid groups (broad SMARTS) is 2. The Morgan fingerprint density at radius 2 is 2.00 bits per heavy atom. The normalized spacial score (nSPS) is 13.1. The Morgan fingerprint density at radius 1 is 1.44 bits per heavy atom. The maximum atomic E-state index is 13.4. The van der Waals surface area contributed by atoms with Crippen molar-refractivity contribution in [2.75, 3.05) is 0 Å². The molecule has 0 amide bonds. The van der Waals surface area contributed by atoms with Crippen LogP contribution in [-0.2, 0) is 4.79 Å². The number of nitrogens with two attached hydrogens (primary N) is 1. The van der Waals surface area contributed by atoms with Crippen molar-refractivity contribution >= 4 is 11.9 Å². The zero-order valence-electron chi connectivity index (χ0n) is 9.85. The number of carbonyl (C=O) groups is 2. The van der Waals surface area contributed by atoms with Gasteiger partial charge in [-0.05, 0) is 25.5 Å². The van der Waals surface area contributed by atoms with Gasteiger partial charge in [0.05, 0.1) is 5.41 Å². The molecule has 0 saturated carbocycles. The lowest BCUT2D eigenvalue weighted by Gasteiger charge is -2.27. The first kappa shape index (κ1) is 14.0. The van der Waals surface area contributed by atoms with Gasteiger partial charge < -0.3 is 15.9 Å². The van der Waals surface area contributed by atoms with E-state index in [9.17, 15) is 14.0 Å². The summed E-state index contributed by atoms with van der Waals surface area (Å²) < 4.78 is 13.4. The van der Waals surface area contributed by atoms with E-state index in [0.29, 0.717) is 0 Å². The summed E-state index contributed by atoms with van der Waals surface area (Å²) in [6, 6.07) is -0.105. The third-order valence-corrected chi connectivity index (χ3v) is 2.75. The molecule has 4 N–H and O–H groups in total. The molecule has 1 heterocycles. The van der Waals surface area contributed by atoms with Crippen LogP contribution < -0.4 is 5.73 Å². The molecule has 1 aromatic rings. The maximum Gasteiger partial charge on any atom is 0.357 e. The van der Waals surface area contributed by atoms with E-state index in [-0.39, 0.29) is 5.56 Å². The Labute approximate surface area is 102 Å². The van der Waals surface area contributed by atoms with Crippen LogP contribution in [0.15, 0.2) is 12.3 Å². The van der Waals surface area contributed by atoms with E-state index >= 15 is 0 Å². The molecule has 0 unspecified atom stereocenters. The zero-order chi connectivity index (χ0) is 14.1. The first-order valence-corrected chi connectivity index (χ1v) is 5.05. The number of aliphatic carboxylic acids is 1. The predicted octanol–water partition coefficient (Wildman–Crippen LogP) is 1.03. The Bertz CT molecular complexity index is 502. The van der Waals surface area contributed by atoms with Crippen LogP contribution in [-0.4, -0.2) is 27.1 Å². The van der Waals surface area contributed by atoms with Crippen molar-refractivity contribution in [1.82, 2.24) is 4.98 Å². The molecule has 1 rings (SSSR count). The van der Waals surface area contributed by atoms with Crippen LogP contribution in [0.25, 0.3) is 0 Å². The fraction of sp³-hybridized carbons (Fsp3) is 0.364. The molecular weight excluding hydrogens is 243 g/mol. The summed E-state index contributed by atoms with van der Waals surface area (Å²) in [5, 5.41) is 17.6. The van der Waals surface area contributed by atoms with E-state index in [0.717, 1.165) is 12.3 Å². The van der Waals surface area contributed by atoms with Gasteiger partial charge in [0.25, 0.3) is 0 Å². The second kappa shape index (κ2) is 4.69. The van der Waals surface area contributed by atoms with Crippen LogP contribution in [0.1, 0.15) is 35.9 Å². The van der Waals surface area contributed by atoms with E-state index in [1.54, 1.807) is 0 Å². The molecule has 0 radical (unpaired) electrons. The monoisotopic (exact) mass is 256 g/mol. The average molecular weight is 256 g/mol. The van der Waals surface area contributed by atoms with Crippen LogP contribution in [0.4, 0.5) is 4.39 Å². The van der Waals surface area contributed by atoms with E-state index < -0.39 is 34.9 Å². The van der Waals surface area contributed by atoms with Crippen LogP contribution in [0.5, 0.6) is 0 Å². The molecular formula is C11H13FN2O4. The standard InChI is InChI=1S/C11H13FN2O4/c1-11(2,10(17)18)8(13)5-3-6(12)7(9(15)16)14-4-5/h3-4,8H,13H2,1-2H3,(H,15,16)(H,17,18)/t8-/m0/s1. The minimum atomic E-state index is -1.50. The summed E-state index contributed by atoms with van der Waals surface area (Å²) in [6.07, 6.45) is 1.07. The fourth-order valence-corrected chi connectivity index (χ4v) is 1.33. The lowest BCUT2D eigenvalue weighted by Crippen LogP contribution is -2.36. The van der Waals surface area contributed by atoms with Crippen LogP contribution in [0.3, 0.4) is 0 Å². The Kier molecular flexibility index (Phi) is 3.66. The molecule has 18 heavy (non-hydrogen) atoms. The summed E-state index contributed by atoms with van der Waals surface area (Å²) in [5.74, 6) is -3.68. The molecule has 1 aromatic heterocycles. The maximum absolute atomic E-state index is 13.4. The van der Waals surface area contributed by atoms with Gasteiger partial charge in [-0.1, -0.05) is 0 Å². The quantitative estimate of drug-likeness (QED) is 0.741. The first-order valence-electron chi connectivity index (χ1n) is 5.05. The van der Waals surface area contributed by atoms with Crippen molar-refractivity contribution in [3.63, 3.8) is 0 Å². The van der Waals surface area contributed by atoms with E-state index in [1.165, 1.54) is 13.8 Å². The number of pyridine rings is 1. The van der Waals surface area contributed by atoms with Crippen LogP contribution in [0.2, 0.25) is 0 Å². The lowest BCUT2D eigenvalue weighted by atomic mass is 9.81. The van der Waals surface area contributed by atoms with Crippen molar-refractivity contribution in [3.05, 3.63) is 29.3 Å². The van der Waals surface area contributed by atoms with Crippen molar-refractivity contribution in [3.8, 4) is 0 Å². The predicted molar refractivity (Wildman–Crippen MR) is 59.5 cm³/mol. The van der Waals surface area contributed by atoms with Crippen LogP contribution in [0, 0.1) is 11.2 Å². The smallest absolute Gasteiger partial charge is 0.357 e. The molecule has 0 spiro atoms. The van der Waals surface area contributed by atoms with Gasteiger partial charge >= 0.3 is 11.9 Å². The summed E-state index contributed by atoms with van der Waals surface area (Å²) in [6.45, 7) is 2.78. The zero-order valence-corrected chi connectivity index (χ0v) is 9.85. The fourth-order valence-electron chi connectivity index (χ4n) is 1.33. The van der Waals surface area contributed by atoms with Gasteiger partial charge in [-0.15, -0.1) is 0 Å². The molecule has 0 aliphatic carbocycles. The van der Waals surface area contributed by atoms with Crippen molar-refractivity contribution in [2.24, 2.45) is 11.1 Å². The summed E-state index contributed by atoms with van der Waals surface area (Å²) >= 11 is 0. The van der Waals surface area contributed by atoms with Gasteiger partial charge in [0.2, 0.25) is 0 Å². The number of halogens is 1. The van der Waals surface area contributed by atoms with Gasteiger partial charge in [0.1, 0.15) is 0 Å². The second-order valence-corrected chi connectivity index (χ2v) is 4.41. The molecule has 0 aliphatic rings. The van der Waals surface area contributed by atoms with Crippen LogP contribution >= 0.6 is 0 Å². The summed E-state index contributed by atoms with van der Waals surface area (Å²) in [5.41, 5.74) is 3.82. The molecule has 98 valence electrons. The highest BCUT2D eigenvalue weighted by molar-refractivity contribution is 5.85. The Hall–Kier alpha value is -2.02. The highest BCUT2D eigenvalue weighted by atomic mass is 19.1. The number of hydrogen-bond donors (Lipinski definition) is 3. The number of hydrogen-bond acceptors (Lipinski definition) is 4. The molecule has 1 atom stereocenters. The molecule has 0 aliphatic heterocycles. The highest BCUT2D eigenvalue weighted by Gasteiger charge is 2.36. The SMILES string of the molecule is CC(C)(C(=O)O)[C@@H](N)c1cnc(C(=O)O)c(F)c1. The molecule has 0 saturated heterocycles. The van der Waals surface area contributed by atoms with E-state index in [1.807, 2.05) is 0 Å². The Balaban J connectivity index is 3.16. The van der Waals surface area contributed by atoms with Gasteiger partial charge in [0.15, 0.2) is 11.5 Å². The lowest BCUT2D eigenvalue weighted by molar-refractivity contribution is -0.148. The van der Waals surface area contributed by atoms with Crippen molar-refractivity contribution in [1.29, 1.82) is 0 Å². The summed E-state index contributed by atoms with van der Waals surface area (Å²) in [4.78, 5) is 25.0. The Morgan fingerprint density at radius 3 is 2.39 bits per heavy atom. The average Bonchev–Trinajstić information content (AvgIpc) is 2.26. The number of aromatic carboxylic acids is 1. The minimum Gasteiger partial charge on any atom is -0.481 e. The minimum absolute atomic E-state index is 0.130. The van der Waals surface area contributed by atoms with Gasteiger partial charge in [0, 0.05) is 12.2 Å². The van der Waals surface area contributed by atoms with Crippen molar-refractivity contribution < 1.29 is 24.2 Å². The topological polar surface area (TPSA) is 114 Å². The van der Waals surface area contributed by atoms with Gasteiger partial charge in [-0.2, -0.15) is 0 Å².